The van der Waals surface area contributed by atoms with Crippen molar-refractivity contribution in [1.82, 2.24) is 0 Å². The van der Waals surface area contributed by atoms with Gasteiger partial charge in [-0.1, -0.05) is 66.7 Å². The molecule has 22 heavy (non-hydrogen) atoms. The molecular weight excluding hydrogens is 295 g/mol. The second-order valence-corrected chi connectivity index (χ2v) is 5.39. The summed E-state index contributed by atoms with van der Waals surface area (Å²) in [6.07, 6.45) is 0. The van der Waals surface area contributed by atoms with Gasteiger partial charge < -0.3 is 0 Å². The molecule has 108 valence electrons. The van der Waals surface area contributed by atoms with Crippen molar-refractivity contribution in [3.8, 4) is 22.6 Å². The summed E-state index contributed by atoms with van der Waals surface area (Å²) in [6.45, 7) is 0. The molecule has 0 aromatic heterocycles. The van der Waals surface area contributed by atoms with Gasteiger partial charge in [-0.2, -0.15) is 0 Å². The van der Waals surface area contributed by atoms with Gasteiger partial charge in [0, 0.05) is 10.1 Å². The van der Waals surface area contributed by atoms with Crippen LogP contribution in [-0.4, -0.2) is 0 Å². The first-order chi connectivity index (χ1) is 10.8. The van der Waals surface area contributed by atoms with E-state index in [2.05, 4.69) is 0 Å². The highest BCUT2D eigenvalue weighted by Gasteiger charge is 2.25. The summed E-state index contributed by atoms with van der Waals surface area (Å²) in [5, 5.41) is 0. The number of hydrogen-bond donors (Lipinski definition) is 0. The van der Waals surface area contributed by atoms with Crippen LogP contribution < -0.4 is 9.05 Å². The fourth-order valence-electron chi connectivity index (χ4n) is 2.07. The SMILES string of the molecule is O=[P+](Oc1ccccc1)Oc1ccccc1-c1ccccc1. The van der Waals surface area contributed by atoms with Crippen LogP contribution in [0.25, 0.3) is 11.1 Å². The number of para-hydroxylation sites is 2. The summed E-state index contributed by atoms with van der Waals surface area (Å²) < 4.78 is 22.9. The minimum absolute atomic E-state index is 0.515. The van der Waals surface area contributed by atoms with E-state index in [1.165, 1.54) is 0 Å². The standard InChI is InChI=1S/C18H14O3P/c19-22(20-16-11-5-2-6-12-16)21-18-14-8-7-13-17(18)15-9-3-1-4-10-15/h1-14H/q+1. The number of hydrogen-bond acceptors (Lipinski definition) is 3. The second-order valence-electron chi connectivity index (χ2n) is 4.58. The molecule has 0 aliphatic rings. The summed E-state index contributed by atoms with van der Waals surface area (Å²) in [6, 6.07) is 26.2. The van der Waals surface area contributed by atoms with Crippen LogP contribution in [0.3, 0.4) is 0 Å². The normalized spacial score (nSPS) is 10.8. The zero-order chi connectivity index (χ0) is 15.2. The molecule has 3 rings (SSSR count). The fourth-order valence-corrected chi connectivity index (χ4v) is 2.72. The van der Waals surface area contributed by atoms with E-state index in [9.17, 15) is 4.57 Å². The van der Waals surface area contributed by atoms with Crippen molar-refractivity contribution in [2.75, 3.05) is 0 Å². The monoisotopic (exact) mass is 309 g/mol. The minimum Gasteiger partial charge on any atom is -0.222 e. The molecule has 0 saturated carbocycles. The van der Waals surface area contributed by atoms with Crippen molar-refractivity contribution < 1.29 is 13.6 Å². The lowest BCUT2D eigenvalue weighted by atomic mass is 10.1. The Labute approximate surface area is 130 Å². The van der Waals surface area contributed by atoms with Gasteiger partial charge in [-0.15, -0.1) is 0 Å². The molecule has 1 atom stereocenters. The van der Waals surface area contributed by atoms with Crippen molar-refractivity contribution in [3.63, 3.8) is 0 Å². The number of benzene rings is 3. The molecule has 0 bridgehead atoms. The molecule has 3 aromatic rings. The molecule has 0 N–H and O–H groups in total. The van der Waals surface area contributed by atoms with Gasteiger partial charge in [0.1, 0.15) is 0 Å². The highest BCUT2D eigenvalue weighted by atomic mass is 31.1. The molecule has 0 aliphatic heterocycles. The maximum Gasteiger partial charge on any atom is 0.805 e. The molecule has 0 saturated heterocycles. The zero-order valence-corrected chi connectivity index (χ0v) is 12.6. The third-order valence-corrected chi connectivity index (χ3v) is 3.77. The molecule has 0 aliphatic carbocycles. The Morgan fingerprint density at radius 2 is 1.23 bits per heavy atom. The summed E-state index contributed by atoms with van der Waals surface area (Å²) in [7, 11) is -2.29. The van der Waals surface area contributed by atoms with Gasteiger partial charge >= 0.3 is 8.25 Å². The number of rotatable bonds is 5. The summed E-state index contributed by atoms with van der Waals surface area (Å²) in [4.78, 5) is 0. The Bertz CT molecular complexity index is 758. The maximum atomic E-state index is 12.1. The van der Waals surface area contributed by atoms with Crippen LogP contribution in [0.2, 0.25) is 0 Å². The molecule has 0 amide bonds. The summed E-state index contributed by atoms with van der Waals surface area (Å²) in [5.41, 5.74) is 1.88. The Hall–Kier alpha value is -2.64. The first-order valence-electron chi connectivity index (χ1n) is 6.85. The summed E-state index contributed by atoms with van der Waals surface area (Å²) in [5.74, 6) is 1.05. The second kappa shape index (κ2) is 6.88. The van der Waals surface area contributed by atoms with Gasteiger partial charge in [0.25, 0.3) is 0 Å². The smallest absolute Gasteiger partial charge is 0.222 e. The van der Waals surface area contributed by atoms with Crippen LogP contribution in [0.15, 0.2) is 84.9 Å². The molecule has 3 nitrogen and oxygen atoms in total. The van der Waals surface area contributed by atoms with E-state index in [0.717, 1.165) is 11.1 Å². The van der Waals surface area contributed by atoms with Gasteiger partial charge in [-0.25, -0.2) is 9.05 Å². The Morgan fingerprint density at radius 3 is 1.95 bits per heavy atom. The largest absolute Gasteiger partial charge is 0.805 e. The zero-order valence-electron chi connectivity index (χ0n) is 11.8. The maximum absolute atomic E-state index is 12.1. The Morgan fingerprint density at radius 1 is 0.636 bits per heavy atom. The molecule has 1 unspecified atom stereocenters. The quantitative estimate of drug-likeness (QED) is 0.586. The third-order valence-electron chi connectivity index (χ3n) is 3.07. The Kier molecular flexibility index (Phi) is 4.47. The fraction of sp³-hybridized carbons (Fsp3) is 0. The van der Waals surface area contributed by atoms with E-state index in [-0.39, 0.29) is 0 Å². The van der Waals surface area contributed by atoms with E-state index >= 15 is 0 Å². The molecule has 0 spiro atoms. The third kappa shape index (κ3) is 3.51. The van der Waals surface area contributed by atoms with Gasteiger partial charge in [0.05, 0.1) is 0 Å². The Balaban J connectivity index is 1.80. The first kappa shape index (κ1) is 14.3. The predicted molar refractivity (Wildman–Crippen MR) is 87.2 cm³/mol. The lowest BCUT2D eigenvalue weighted by molar-refractivity contribution is 0.416. The van der Waals surface area contributed by atoms with E-state index in [1.807, 2.05) is 66.7 Å². The van der Waals surface area contributed by atoms with Crippen molar-refractivity contribution in [2.45, 2.75) is 0 Å². The van der Waals surface area contributed by atoms with Crippen molar-refractivity contribution in [2.24, 2.45) is 0 Å². The average molecular weight is 309 g/mol. The molecule has 0 fully saturated rings. The van der Waals surface area contributed by atoms with Gasteiger partial charge in [0.2, 0.25) is 0 Å². The summed E-state index contributed by atoms with van der Waals surface area (Å²) >= 11 is 0. The van der Waals surface area contributed by atoms with Crippen molar-refractivity contribution in [3.05, 3.63) is 84.9 Å². The molecule has 3 aromatic carbocycles. The first-order valence-corrected chi connectivity index (χ1v) is 7.95. The topological polar surface area (TPSA) is 35.5 Å². The highest BCUT2D eigenvalue weighted by Crippen LogP contribution is 2.36. The highest BCUT2D eigenvalue weighted by molar-refractivity contribution is 7.34. The molecule has 0 radical (unpaired) electrons. The lowest BCUT2D eigenvalue weighted by Gasteiger charge is -2.04. The minimum atomic E-state index is -2.29. The molecule has 0 heterocycles. The van der Waals surface area contributed by atoms with Crippen LogP contribution in [0, 0.1) is 0 Å². The van der Waals surface area contributed by atoms with Gasteiger partial charge in [-0.05, 0) is 23.8 Å². The van der Waals surface area contributed by atoms with Gasteiger partial charge in [-0.3, -0.25) is 0 Å². The van der Waals surface area contributed by atoms with E-state index in [1.54, 1.807) is 18.2 Å². The van der Waals surface area contributed by atoms with Crippen molar-refractivity contribution in [1.29, 1.82) is 0 Å². The van der Waals surface area contributed by atoms with Crippen LogP contribution in [0.4, 0.5) is 0 Å². The van der Waals surface area contributed by atoms with E-state index < -0.39 is 8.25 Å². The van der Waals surface area contributed by atoms with Crippen LogP contribution >= 0.6 is 8.25 Å². The van der Waals surface area contributed by atoms with E-state index in [4.69, 9.17) is 9.05 Å². The van der Waals surface area contributed by atoms with Crippen LogP contribution in [-0.2, 0) is 4.57 Å². The van der Waals surface area contributed by atoms with E-state index in [0.29, 0.717) is 11.5 Å². The van der Waals surface area contributed by atoms with Crippen molar-refractivity contribution >= 4 is 8.25 Å². The van der Waals surface area contributed by atoms with Gasteiger partial charge in [0.15, 0.2) is 11.5 Å². The average Bonchev–Trinajstić information content (AvgIpc) is 2.57. The van der Waals surface area contributed by atoms with Crippen LogP contribution in [0.5, 0.6) is 11.5 Å². The predicted octanol–water partition coefficient (Wildman–Crippen LogP) is 5.47. The van der Waals surface area contributed by atoms with Crippen LogP contribution in [0.1, 0.15) is 0 Å². The molecule has 4 heteroatoms. The lowest BCUT2D eigenvalue weighted by Crippen LogP contribution is -1.91. The molecular formula is C18H14O3P+.